The number of hydrogen-bond donors (Lipinski definition) is 1. The van der Waals surface area contributed by atoms with Gasteiger partial charge >= 0.3 is 6.09 Å². The molecule has 0 saturated heterocycles. The van der Waals surface area contributed by atoms with Gasteiger partial charge in [0.25, 0.3) is 5.69 Å². The van der Waals surface area contributed by atoms with Crippen LogP contribution in [-0.4, -0.2) is 28.8 Å². The lowest BCUT2D eigenvalue weighted by atomic mass is 10.2. The Balaban J connectivity index is 2.58. The SMILES string of the molecule is C[C@@H](NC(=O)OC(C)(C)C)[C@@H](C)OCc1cc(Br)cc([N+](=O)[O-])c1. The predicted molar refractivity (Wildman–Crippen MR) is 93.9 cm³/mol. The quantitative estimate of drug-likeness (QED) is 0.569. The molecule has 1 N–H and O–H groups in total. The zero-order valence-electron chi connectivity index (χ0n) is 14.5. The average molecular weight is 403 g/mol. The molecule has 8 heteroatoms. The van der Waals surface area contributed by atoms with Crippen molar-refractivity contribution in [3.63, 3.8) is 0 Å². The number of non-ortho nitro benzene ring substituents is 1. The number of ether oxygens (including phenoxy) is 2. The fourth-order valence-corrected chi connectivity index (χ4v) is 2.33. The molecule has 1 aromatic rings. The van der Waals surface area contributed by atoms with Gasteiger partial charge in [0.2, 0.25) is 0 Å². The molecular weight excluding hydrogens is 380 g/mol. The molecule has 1 amide bonds. The highest BCUT2D eigenvalue weighted by molar-refractivity contribution is 9.10. The summed E-state index contributed by atoms with van der Waals surface area (Å²) in [5.41, 5.74) is 0.103. The number of carbonyl (C=O) groups is 1. The zero-order valence-corrected chi connectivity index (χ0v) is 16.0. The van der Waals surface area contributed by atoms with E-state index in [0.717, 1.165) is 0 Å². The Bertz CT molecular complexity index is 601. The Labute approximate surface area is 150 Å². The number of amides is 1. The molecule has 7 nitrogen and oxygen atoms in total. The summed E-state index contributed by atoms with van der Waals surface area (Å²) in [6, 6.07) is 4.37. The van der Waals surface area contributed by atoms with Gasteiger partial charge in [-0.2, -0.15) is 0 Å². The first-order valence-electron chi connectivity index (χ1n) is 7.53. The van der Waals surface area contributed by atoms with Crippen molar-refractivity contribution in [2.24, 2.45) is 0 Å². The lowest BCUT2D eigenvalue weighted by Gasteiger charge is -2.25. The zero-order chi connectivity index (χ0) is 18.5. The standard InChI is InChI=1S/C16H23BrN2O5/c1-10(18-15(20)24-16(3,4)5)11(2)23-9-12-6-13(17)8-14(7-12)19(21)22/h6-8,10-11H,9H2,1-5H3,(H,18,20)/t10-,11-/m1/s1. The van der Waals surface area contributed by atoms with Crippen LogP contribution < -0.4 is 5.32 Å². The van der Waals surface area contributed by atoms with Crippen molar-refractivity contribution >= 4 is 27.7 Å². The van der Waals surface area contributed by atoms with Gasteiger partial charge in [0.05, 0.1) is 23.7 Å². The Kier molecular flexibility index (Phi) is 7.16. The van der Waals surface area contributed by atoms with E-state index in [4.69, 9.17) is 9.47 Å². The number of rotatable bonds is 6. The van der Waals surface area contributed by atoms with Gasteiger partial charge in [-0.15, -0.1) is 0 Å². The summed E-state index contributed by atoms with van der Waals surface area (Å²) in [6.07, 6.45) is -0.806. The maximum absolute atomic E-state index is 11.7. The van der Waals surface area contributed by atoms with Crippen molar-refractivity contribution in [3.05, 3.63) is 38.3 Å². The maximum Gasteiger partial charge on any atom is 0.407 e. The van der Waals surface area contributed by atoms with Crippen LogP contribution in [0.15, 0.2) is 22.7 Å². The minimum Gasteiger partial charge on any atom is -0.444 e. The monoisotopic (exact) mass is 402 g/mol. The van der Waals surface area contributed by atoms with Crippen molar-refractivity contribution in [1.29, 1.82) is 0 Å². The highest BCUT2D eigenvalue weighted by Gasteiger charge is 2.21. The summed E-state index contributed by atoms with van der Waals surface area (Å²) in [5.74, 6) is 0. The van der Waals surface area contributed by atoms with Crippen LogP contribution in [-0.2, 0) is 16.1 Å². The highest BCUT2D eigenvalue weighted by Crippen LogP contribution is 2.22. The minimum atomic E-state index is -0.566. The molecule has 0 aliphatic heterocycles. The topological polar surface area (TPSA) is 90.7 Å². The summed E-state index contributed by atoms with van der Waals surface area (Å²) in [6.45, 7) is 9.18. The Morgan fingerprint density at radius 2 is 1.96 bits per heavy atom. The normalized spacial score (nSPS) is 13.9. The van der Waals surface area contributed by atoms with Crippen molar-refractivity contribution in [3.8, 4) is 0 Å². The number of nitrogens with one attached hydrogen (secondary N) is 1. The van der Waals surface area contributed by atoms with Crippen LogP contribution in [0.2, 0.25) is 0 Å². The number of hydrogen-bond acceptors (Lipinski definition) is 5. The molecule has 0 aliphatic rings. The summed E-state index contributed by atoms with van der Waals surface area (Å²) in [7, 11) is 0. The molecule has 0 unspecified atom stereocenters. The van der Waals surface area contributed by atoms with Gasteiger partial charge in [0.1, 0.15) is 5.60 Å². The Morgan fingerprint density at radius 3 is 2.50 bits per heavy atom. The largest absolute Gasteiger partial charge is 0.444 e. The average Bonchev–Trinajstić information content (AvgIpc) is 2.41. The van der Waals surface area contributed by atoms with Gasteiger partial charge in [0, 0.05) is 16.6 Å². The van der Waals surface area contributed by atoms with E-state index in [1.165, 1.54) is 12.1 Å². The molecule has 0 saturated carbocycles. The molecular formula is C16H23BrN2O5. The molecule has 0 heterocycles. The van der Waals surface area contributed by atoms with E-state index in [0.29, 0.717) is 10.0 Å². The summed E-state index contributed by atoms with van der Waals surface area (Å²) >= 11 is 3.24. The first-order chi connectivity index (χ1) is 11.0. The molecule has 0 fully saturated rings. The molecule has 134 valence electrons. The van der Waals surface area contributed by atoms with E-state index in [-0.39, 0.29) is 24.4 Å². The first-order valence-corrected chi connectivity index (χ1v) is 8.32. The van der Waals surface area contributed by atoms with Gasteiger partial charge in [-0.25, -0.2) is 4.79 Å². The van der Waals surface area contributed by atoms with Gasteiger partial charge in [-0.1, -0.05) is 15.9 Å². The molecule has 0 spiro atoms. The van der Waals surface area contributed by atoms with E-state index in [1.807, 2.05) is 6.92 Å². The number of nitro benzene ring substituents is 1. The number of nitro groups is 1. The number of alkyl carbamates (subject to hydrolysis) is 1. The lowest BCUT2D eigenvalue weighted by Crippen LogP contribution is -2.43. The van der Waals surface area contributed by atoms with Crippen LogP contribution >= 0.6 is 15.9 Å². The molecule has 0 aromatic heterocycles. The second kappa shape index (κ2) is 8.43. The van der Waals surface area contributed by atoms with E-state index in [9.17, 15) is 14.9 Å². The second-order valence-electron chi connectivity index (χ2n) is 6.53. The van der Waals surface area contributed by atoms with E-state index < -0.39 is 16.6 Å². The van der Waals surface area contributed by atoms with Crippen LogP contribution in [0.3, 0.4) is 0 Å². The molecule has 24 heavy (non-hydrogen) atoms. The summed E-state index contributed by atoms with van der Waals surface area (Å²) in [5, 5.41) is 13.6. The van der Waals surface area contributed by atoms with Gasteiger partial charge in [-0.05, 0) is 46.2 Å². The van der Waals surface area contributed by atoms with Crippen molar-refractivity contribution in [2.45, 2.75) is 59.0 Å². The number of benzene rings is 1. The first kappa shape index (κ1) is 20.4. The Morgan fingerprint density at radius 1 is 1.33 bits per heavy atom. The molecule has 0 radical (unpaired) electrons. The van der Waals surface area contributed by atoms with Crippen LogP contribution in [0.25, 0.3) is 0 Å². The second-order valence-corrected chi connectivity index (χ2v) is 7.44. The van der Waals surface area contributed by atoms with Crippen molar-refractivity contribution in [2.75, 3.05) is 0 Å². The molecule has 0 aliphatic carbocycles. The van der Waals surface area contributed by atoms with Gasteiger partial charge in [-0.3, -0.25) is 10.1 Å². The van der Waals surface area contributed by atoms with Crippen LogP contribution in [0.1, 0.15) is 40.2 Å². The van der Waals surface area contributed by atoms with Gasteiger partial charge in [0.15, 0.2) is 0 Å². The van der Waals surface area contributed by atoms with Crippen LogP contribution in [0.4, 0.5) is 10.5 Å². The minimum absolute atomic E-state index is 0.00411. The Hall–Kier alpha value is -1.67. The fraction of sp³-hybridized carbons (Fsp3) is 0.562. The van der Waals surface area contributed by atoms with E-state index in [2.05, 4.69) is 21.2 Å². The van der Waals surface area contributed by atoms with Gasteiger partial charge < -0.3 is 14.8 Å². The third-order valence-corrected chi connectivity index (χ3v) is 3.57. The smallest absolute Gasteiger partial charge is 0.407 e. The van der Waals surface area contributed by atoms with E-state index in [1.54, 1.807) is 33.8 Å². The molecule has 2 atom stereocenters. The predicted octanol–water partition coefficient (Wildman–Crippen LogP) is 4.18. The van der Waals surface area contributed by atoms with Crippen LogP contribution in [0.5, 0.6) is 0 Å². The lowest BCUT2D eigenvalue weighted by molar-refractivity contribution is -0.385. The fourth-order valence-electron chi connectivity index (χ4n) is 1.80. The van der Waals surface area contributed by atoms with Crippen LogP contribution in [0, 0.1) is 10.1 Å². The van der Waals surface area contributed by atoms with E-state index >= 15 is 0 Å². The maximum atomic E-state index is 11.7. The van der Waals surface area contributed by atoms with Crippen molar-refractivity contribution in [1.82, 2.24) is 5.32 Å². The third-order valence-electron chi connectivity index (χ3n) is 3.11. The summed E-state index contributed by atoms with van der Waals surface area (Å²) in [4.78, 5) is 22.2. The third kappa shape index (κ3) is 7.27. The number of nitrogens with zero attached hydrogens (tertiary/aromatic N) is 1. The molecule has 1 aromatic carbocycles. The number of halogens is 1. The molecule has 0 bridgehead atoms. The van der Waals surface area contributed by atoms with Crippen molar-refractivity contribution < 1.29 is 19.2 Å². The molecule has 1 rings (SSSR count). The highest BCUT2D eigenvalue weighted by atomic mass is 79.9. The number of carbonyl (C=O) groups excluding carboxylic acids is 1. The summed E-state index contributed by atoms with van der Waals surface area (Å²) < 4.78 is 11.5.